The second-order valence-corrected chi connectivity index (χ2v) is 9.54. The number of halogens is 3. The van der Waals surface area contributed by atoms with Crippen molar-refractivity contribution in [2.45, 2.75) is 37.1 Å². The number of nitrogens with one attached hydrogen (secondary N) is 1. The Morgan fingerprint density at radius 3 is 2.59 bits per heavy atom. The van der Waals surface area contributed by atoms with E-state index in [1.807, 2.05) is 0 Å². The van der Waals surface area contributed by atoms with Gasteiger partial charge in [0.2, 0.25) is 15.9 Å². The van der Waals surface area contributed by atoms with Crippen LogP contribution in [0.15, 0.2) is 24.3 Å². The number of sulfonamides is 1. The number of para-hydroxylation sites is 1. The second kappa shape index (κ2) is 7.86. The molecule has 2 saturated heterocycles. The average molecular weight is 435 g/mol. The average Bonchev–Trinajstić information content (AvgIpc) is 3.03. The molecule has 0 radical (unpaired) electrons. The van der Waals surface area contributed by atoms with Gasteiger partial charge in [-0.05, 0) is 31.4 Å². The number of aliphatic hydroxyl groups excluding tert-OH is 1. The summed E-state index contributed by atoms with van der Waals surface area (Å²) in [5.74, 6) is -0.628. The third-order valence-electron chi connectivity index (χ3n) is 5.65. The molecule has 1 amide bonds. The van der Waals surface area contributed by atoms with Gasteiger partial charge < -0.3 is 10.4 Å². The van der Waals surface area contributed by atoms with Gasteiger partial charge in [0.05, 0.1) is 35.7 Å². The molecule has 0 bridgehead atoms. The number of carbonyl (C=O) groups excluding carboxylic acids is 1. The van der Waals surface area contributed by atoms with Crippen LogP contribution < -0.4 is 5.32 Å². The van der Waals surface area contributed by atoms with Gasteiger partial charge in [-0.1, -0.05) is 12.1 Å². The lowest BCUT2D eigenvalue weighted by atomic mass is 9.83. The van der Waals surface area contributed by atoms with Crippen LogP contribution in [-0.4, -0.2) is 72.7 Å². The molecule has 0 aromatic heterocycles. The number of benzene rings is 1. The van der Waals surface area contributed by atoms with Gasteiger partial charge in [-0.25, -0.2) is 8.42 Å². The lowest BCUT2D eigenvalue weighted by molar-refractivity contribution is -0.137. The molecule has 0 unspecified atom stereocenters. The molecule has 1 aromatic carbocycles. The van der Waals surface area contributed by atoms with Gasteiger partial charge in [-0.3, -0.25) is 9.69 Å². The van der Waals surface area contributed by atoms with Crippen molar-refractivity contribution in [1.82, 2.24) is 9.21 Å². The van der Waals surface area contributed by atoms with E-state index >= 15 is 0 Å². The zero-order chi connectivity index (χ0) is 21.4. The number of rotatable bonds is 4. The van der Waals surface area contributed by atoms with E-state index in [0.717, 1.165) is 12.3 Å². The Morgan fingerprint density at radius 1 is 1.28 bits per heavy atom. The zero-order valence-corrected chi connectivity index (χ0v) is 16.8. The number of β-amino-alcohol motifs (C(OH)–C–C–N with tert-alkyl or cyclic N) is 1. The highest BCUT2D eigenvalue weighted by Gasteiger charge is 2.52. The van der Waals surface area contributed by atoms with E-state index in [-0.39, 0.29) is 18.8 Å². The van der Waals surface area contributed by atoms with Gasteiger partial charge in [-0.2, -0.15) is 17.5 Å². The van der Waals surface area contributed by atoms with Crippen molar-refractivity contribution < 1.29 is 31.5 Å². The largest absolute Gasteiger partial charge is 0.418 e. The van der Waals surface area contributed by atoms with E-state index in [2.05, 4.69) is 5.32 Å². The lowest BCUT2D eigenvalue weighted by Crippen LogP contribution is -2.63. The minimum atomic E-state index is -4.59. The number of anilines is 1. The van der Waals surface area contributed by atoms with Gasteiger partial charge in [0.25, 0.3) is 0 Å². The van der Waals surface area contributed by atoms with Crippen LogP contribution in [0.2, 0.25) is 0 Å². The quantitative estimate of drug-likeness (QED) is 0.748. The van der Waals surface area contributed by atoms with Crippen molar-refractivity contribution in [3.63, 3.8) is 0 Å². The van der Waals surface area contributed by atoms with Gasteiger partial charge in [0.1, 0.15) is 0 Å². The summed E-state index contributed by atoms with van der Waals surface area (Å²) in [7, 11) is -3.47. The fourth-order valence-corrected chi connectivity index (χ4v) is 5.78. The van der Waals surface area contributed by atoms with E-state index < -0.39 is 39.3 Å². The Morgan fingerprint density at radius 2 is 1.97 bits per heavy atom. The van der Waals surface area contributed by atoms with Gasteiger partial charge in [0.15, 0.2) is 0 Å². The zero-order valence-electron chi connectivity index (χ0n) is 15.9. The first-order chi connectivity index (χ1) is 13.4. The first kappa shape index (κ1) is 22.0. The normalized spacial score (nSPS) is 26.7. The van der Waals surface area contributed by atoms with Crippen molar-refractivity contribution in [1.29, 1.82) is 0 Å². The molecule has 3 rings (SSSR count). The highest BCUT2D eigenvalue weighted by molar-refractivity contribution is 7.88. The fourth-order valence-electron chi connectivity index (χ4n) is 4.35. The third-order valence-corrected chi connectivity index (χ3v) is 7.00. The molecule has 162 valence electrons. The molecule has 11 heteroatoms. The predicted octanol–water partition coefficient (Wildman–Crippen LogP) is 1.50. The van der Waals surface area contributed by atoms with Crippen LogP contribution in [0.5, 0.6) is 0 Å². The van der Waals surface area contributed by atoms with Crippen LogP contribution in [0, 0.1) is 0 Å². The molecule has 2 fully saturated rings. The summed E-state index contributed by atoms with van der Waals surface area (Å²) in [6.07, 6.45) is -2.91. The number of piperidine rings is 1. The highest BCUT2D eigenvalue weighted by atomic mass is 32.2. The molecule has 2 heterocycles. The van der Waals surface area contributed by atoms with Crippen LogP contribution in [-0.2, 0) is 21.0 Å². The Balaban J connectivity index is 1.65. The first-order valence-electron chi connectivity index (χ1n) is 9.28. The number of carbonyl (C=O) groups is 1. The SMILES string of the molecule is CS(=O)(=O)N1CCC[C@@]12CCN(CC(=O)Nc1ccccc1C(F)(F)F)C[C@@H]2O. The van der Waals surface area contributed by atoms with Crippen molar-refractivity contribution in [2.75, 3.05) is 37.8 Å². The number of likely N-dealkylation sites (tertiary alicyclic amines) is 1. The van der Waals surface area contributed by atoms with Gasteiger partial charge in [-0.15, -0.1) is 0 Å². The van der Waals surface area contributed by atoms with Crippen LogP contribution in [0.4, 0.5) is 18.9 Å². The van der Waals surface area contributed by atoms with Gasteiger partial charge in [0, 0.05) is 19.6 Å². The van der Waals surface area contributed by atoms with E-state index in [1.54, 1.807) is 4.90 Å². The number of hydrogen-bond donors (Lipinski definition) is 2. The number of hydrogen-bond acceptors (Lipinski definition) is 5. The summed E-state index contributed by atoms with van der Waals surface area (Å²) in [5.41, 5.74) is -2.12. The molecular weight excluding hydrogens is 411 g/mol. The topological polar surface area (TPSA) is 90.0 Å². The van der Waals surface area contributed by atoms with E-state index in [4.69, 9.17) is 0 Å². The molecule has 29 heavy (non-hydrogen) atoms. The summed E-state index contributed by atoms with van der Waals surface area (Å²) >= 11 is 0. The Hall–Kier alpha value is -1.69. The highest BCUT2D eigenvalue weighted by Crippen LogP contribution is 2.40. The molecule has 2 atom stereocenters. The summed E-state index contributed by atoms with van der Waals surface area (Å²) < 4.78 is 64.7. The molecule has 2 aliphatic heterocycles. The molecular formula is C18H24F3N3O4S. The molecule has 1 aromatic rings. The number of alkyl halides is 3. The lowest BCUT2D eigenvalue weighted by Gasteiger charge is -2.47. The minimum absolute atomic E-state index is 0.0698. The van der Waals surface area contributed by atoms with Crippen LogP contribution >= 0.6 is 0 Å². The molecule has 0 saturated carbocycles. The molecule has 0 aliphatic carbocycles. The minimum Gasteiger partial charge on any atom is -0.390 e. The molecule has 7 nitrogen and oxygen atoms in total. The number of nitrogens with zero attached hydrogens (tertiary/aromatic N) is 2. The van der Waals surface area contributed by atoms with Crippen molar-refractivity contribution in [2.24, 2.45) is 0 Å². The Kier molecular flexibility index (Phi) is 5.96. The predicted molar refractivity (Wildman–Crippen MR) is 101 cm³/mol. The number of amides is 1. The monoisotopic (exact) mass is 435 g/mol. The maximum absolute atomic E-state index is 13.1. The molecule has 1 spiro atoms. The molecule has 2 N–H and O–H groups in total. The van der Waals surface area contributed by atoms with Crippen molar-refractivity contribution in [3.05, 3.63) is 29.8 Å². The Labute approximate surface area is 167 Å². The van der Waals surface area contributed by atoms with Crippen molar-refractivity contribution >= 4 is 21.6 Å². The first-order valence-corrected chi connectivity index (χ1v) is 11.1. The van der Waals surface area contributed by atoms with Gasteiger partial charge >= 0.3 is 6.18 Å². The maximum atomic E-state index is 13.1. The molecule has 2 aliphatic rings. The third kappa shape index (κ3) is 4.57. The van der Waals surface area contributed by atoms with Crippen LogP contribution in [0.25, 0.3) is 0 Å². The Bertz CT molecular complexity index is 877. The van der Waals surface area contributed by atoms with E-state index in [0.29, 0.717) is 32.4 Å². The summed E-state index contributed by atoms with van der Waals surface area (Å²) in [5, 5.41) is 13.0. The van der Waals surface area contributed by atoms with E-state index in [9.17, 15) is 31.5 Å². The standard InChI is InChI=1S/C18H24F3N3O4S/c1-29(27,28)24-9-4-7-17(24)8-10-23(11-15(17)25)12-16(26)22-14-6-3-2-5-13(14)18(19,20)21/h2-3,5-6,15,25H,4,7-12H2,1H3,(H,22,26)/t15-,17-/m0/s1. The smallest absolute Gasteiger partial charge is 0.390 e. The fraction of sp³-hybridized carbons (Fsp3) is 0.611. The summed E-state index contributed by atoms with van der Waals surface area (Å²) in [4.78, 5) is 13.9. The number of aliphatic hydroxyl groups is 1. The van der Waals surface area contributed by atoms with E-state index in [1.165, 1.54) is 22.5 Å². The van der Waals surface area contributed by atoms with Crippen LogP contribution in [0.1, 0.15) is 24.8 Å². The van der Waals surface area contributed by atoms with Crippen LogP contribution in [0.3, 0.4) is 0 Å². The second-order valence-electron chi connectivity index (χ2n) is 7.63. The van der Waals surface area contributed by atoms with Crippen molar-refractivity contribution in [3.8, 4) is 0 Å². The maximum Gasteiger partial charge on any atom is 0.418 e. The summed E-state index contributed by atoms with van der Waals surface area (Å²) in [6.45, 7) is 0.584. The summed E-state index contributed by atoms with van der Waals surface area (Å²) in [6, 6.07) is 4.72.